The van der Waals surface area contributed by atoms with Gasteiger partial charge in [-0.2, -0.15) is 0 Å². The first kappa shape index (κ1) is 12.7. The van der Waals surface area contributed by atoms with Gasteiger partial charge < -0.3 is 10.5 Å². The Bertz CT molecular complexity index is 561. The number of methoxy groups -OCH3 is 1. The molecular weight excluding hydrogens is 222 g/mol. The Labute approximate surface area is 108 Å². The highest BCUT2D eigenvalue weighted by Crippen LogP contribution is 2.27. The Morgan fingerprint density at radius 2 is 1.61 bits per heavy atom. The van der Waals surface area contributed by atoms with Crippen LogP contribution >= 0.6 is 0 Å². The van der Waals surface area contributed by atoms with E-state index in [4.69, 9.17) is 10.5 Å². The van der Waals surface area contributed by atoms with Crippen molar-refractivity contribution in [2.75, 3.05) is 7.11 Å². The van der Waals surface area contributed by atoms with Gasteiger partial charge in [0.25, 0.3) is 0 Å². The van der Waals surface area contributed by atoms with E-state index in [1.165, 1.54) is 22.3 Å². The molecule has 0 aliphatic heterocycles. The molecule has 0 radical (unpaired) electrons. The highest BCUT2D eigenvalue weighted by Gasteiger charge is 2.05. The molecule has 2 aromatic rings. The van der Waals surface area contributed by atoms with Crippen LogP contribution in [0.3, 0.4) is 0 Å². The predicted molar refractivity (Wildman–Crippen MR) is 75.8 cm³/mol. The minimum atomic E-state index is 0.488. The molecule has 18 heavy (non-hydrogen) atoms. The van der Waals surface area contributed by atoms with Crippen LogP contribution in [0.15, 0.2) is 36.4 Å². The van der Waals surface area contributed by atoms with Gasteiger partial charge in [-0.05, 0) is 48.2 Å². The highest BCUT2D eigenvalue weighted by molar-refractivity contribution is 5.67. The fourth-order valence-corrected chi connectivity index (χ4v) is 2.04. The van der Waals surface area contributed by atoms with E-state index in [9.17, 15) is 0 Å². The van der Waals surface area contributed by atoms with Crippen molar-refractivity contribution >= 4 is 0 Å². The van der Waals surface area contributed by atoms with Gasteiger partial charge in [-0.1, -0.05) is 24.3 Å². The molecule has 2 nitrogen and oxygen atoms in total. The molecule has 2 aromatic carbocycles. The maximum absolute atomic E-state index is 5.75. The van der Waals surface area contributed by atoms with Gasteiger partial charge in [0.2, 0.25) is 0 Å². The van der Waals surface area contributed by atoms with Gasteiger partial charge in [-0.3, -0.25) is 0 Å². The number of rotatable bonds is 3. The first-order valence-corrected chi connectivity index (χ1v) is 6.10. The zero-order valence-corrected chi connectivity index (χ0v) is 11.2. The standard InChI is InChI=1S/C16H19NO/c1-11-4-5-13(8-12(11)2)14-6-7-16(18-3)15(9-14)10-17/h4-9H,10,17H2,1-3H3. The molecule has 0 amide bonds. The minimum absolute atomic E-state index is 0.488. The minimum Gasteiger partial charge on any atom is -0.496 e. The van der Waals surface area contributed by atoms with Crippen molar-refractivity contribution in [3.8, 4) is 16.9 Å². The molecule has 2 N–H and O–H groups in total. The molecule has 94 valence electrons. The monoisotopic (exact) mass is 241 g/mol. The van der Waals surface area contributed by atoms with Crippen molar-refractivity contribution in [3.63, 3.8) is 0 Å². The van der Waals surface area contributed by atoms with Crippen LogP contribution in [0.4, 0.5) is 0 Å². The maximum Gasteiger partial charge on any atom is 0.123 e. The van der Waals surface area contributed by atoms with Crippen LogP contribution in [-0.2, 0) is 6.54 Å². The lowest BCUT2D eigenvalue weighted by Crippen LogP contribution is -2.00. The van der Waals surface area contributed by atoms with Crippen LogP contribution in [0.2, 0.25) is 0 Å². The van der Waals surface area contributed by atoms with Crippen LogP contribution in [0.25, 0.3) is 11.1 Å². The quantitative estimate of drug-likeness (QED) is 0.893. The molecule has 0 saturated carbocycles. The summed E-state index contributed by atoms with van der Waals surface area (Å²) in [5.41, 5.74) is 11.8. The van der Waals surface area contributed by atoms with Gasteiger partial charge in [-0.15, -0.1) is 0 Å². The van der Waals surface area contributed by atoms with Crippen molar-refractivity contribution in [1.29, 1.82) is 0 Å². The summed E-state index contributed by atoms with van der Waals surface area (Å²) in [4.78, 5) is 0. The summed E-state index contributed by atoms with van der Waals surface area (Å²) in [5, 5.41) is 0. The third-order valence-electron chi connectivity index (χ3n) is 3.34. The summed E-state index contributed by atoms with van der Waals surface area (Å²) in [5.74, 6) is 0.852. The van der Waals surface area contributed by atoms with Crippen LogP contribution in [0, 0.1) is 13.8 Å². The number of hydrogen-bond acceptors (Lipinski definition) is 2. The van der Waals surface area contributed by atoms with Gasteiger partial charge in [0, 0.05) is 12.1 Å². The average Bonchev–Trinajstić information content (AvgIpc) is 2.41. The Morgan fingerprint density at radius 1 is 0.944 bits per heavy atom. The lowest BCUT2D eigenvalue weighted by molar-refractivity contribution is 0.410. The second-order valence-electron chi connectivity index (χ2n) is 4.53. The number of nitrogens with two attached hydrogens (primary N) is 1. The average molecular weight is 241 g/mol. The van der Waals surface area contributed by atoms with E-state index in [2.05, 4.69) is 44.2 Å². The number of aryl methyl sites for hydroxylation is 2. The zero-order chi connectivity index (χ0) is 13.1. The summed E-state index contributed by atoms with van der Waals surface area (Å²) in [7, 11) is 1.67. The Morgan fingerprint density at radius 3 is 2.22 bits per heavy atom. The summed E-state index contributed by atoms with van der Waals surface area (Å²) >= 11 is 0. The van der Waals surface area contributed by atoms with Crippen molar-refractivity contribution in [2.45, 2.75) is 20.4 Å². The second kappa shape index (κ2) is 5.23. The number of ether oxygens (including phenoxy) is 1. The Balaban J connectivity index is 2.47. The van der Waals surface area contributed by atoms with Gasteiger partial charge >= 0.3 is 0 Å². The molecule has 0 atom stereocenters. The van der Waals surface area contributed by atoms with Crippen LogP contribution in [0.1, 0.15) is 16.7 Å². The van der Waals surface area contributed by atoms with Gasteiger partial charge in [0.15, 0.2) is 0 Å². The Hall–Kier alpha value is -1.80. The molecule has 0 bridgehead atoms. The van der Waals surface area contributed by atoms with Crippen LogP contribution < -0.4 is 10.5 Å². The van der Waals surface area contributed by atoms with E-state index < -0.39 is 0 Å². The van der Waals surface area contributed by atoms with E-state index in [0.29, 0.717) is 6.54 Å². The molecule has 0 heterocycles. The van der Waals surface area contributed by atoms with E-state index in [1.807, 2.05) is 6.07 Å². The fraction of sp³-hybridized carbons (Fsp3) is 0.250. The molecular formula is C16H19NO. The van der Waals surface area contributed by atoms with Crippen molar-refractivity contribution in [2.24, 2.45) is 5.73 Å². The molecule has 0 spiro atoms. The van der Waals surface area contributed by atoms with Crippen molar-refractivity contribution in [1.82, 2.24) is 0 Å². The molecule has 0 aromatic heterocycles. The SMILES string of the molecule is COc1ccc(-c2ccc(C)c(C)c2)cc1CN. The van der Waals surface area contributed by atoms with Gasteiger partial charge in [0.1, 0.15) is 5.75 Å². The van der Waals surface area contributed by atoms with Crippen molar-refractivity contribution in [3.05, 3.63) is 53.1 Å². The predicted octanol–water partition coefficient (Wildman–Crippen LogP) is 3.44. The smallest absolute Gasteiger partial charge is 0.123 e. The van der Waals surface area contributed by atoms with Crippen LogP contribution in [0.5, 0.6) is 5.75 Å². The molecule has 0 aliphatic carbocycles. The lowest BCUT2D eigenvalue weighted by atomic mass is 9.99. The molecule has 2 rings (SSSR count). The first-order valence-electron chi connectivity index (χ1n) is 6.10. The summed E-state index contributed by atoms with van der Waals surface area (Å²) in [6, 6.07) is 12.6. The lowest BCUT2D eigenvalue weighted by Gasteiger charge is -2.10. The topological polar surface area (TPSA) is 35.2 Å². The van der Waals surface area contributed by atoms with E-state index in [-0.39, 0.29) is 0 Å². The van der Waals surface area contributed by atoms with E-state index >= 15 is 0 Å². The van der Waals surface area contributed by atoms with Crippen molar-refractivity contribution < 1.29 is 4.74 Å². The van der Waals surface area contributed by atoms with Crippen LogP contribution in [-0.4, -0.2) is 7.11 Å². The third kappa shape index (κ3) is 2.39. The van der Waals surface area contributed by atoms with E-state index in [1.54, 1.807) is 7.11 Å². The molecule has 0 unspecified atom stereocenters. The summed E-state index contributed by atoms with van der Waals surface area (Å²) in [6.45, 7) is 4.74. The normalized spacial score (nSPS) is 10.4. The highest BCUT2D eigenvalue weighted by atomic mass is 16.5. The molecule has 0 aliphatic rings. The van der Waals surface area contributed by atoms with E-state index in [0.717, 1.165) is 11.3 Å². The fourth-order valence-electron chi connectivity index (χ4n) is 2.04. The second-order valence-corrected chi connectivity index (χ2v) is 4.53. The van der Waals surface area contributed by atoms with Gasteiger partial charge in [0.05, 0.1) is 7.11 Å². The number of benzene rings is 2. The Kier molecular flexibility index (Phi) is 3.68. The number of hydrogen-bond donors (Lipinski definition) is 1. The molecule has 0 saturated heterocycles. The largest absolute Gasteiger partial charge is 0.496 e. The molecule has 2 heteroatoms. The zero-order valence-electron chi connectivity index (χ0n) is 11.2. The summed E-state index contributed by atoms with van der Waals surface area (Å²) < 4.78 is 5.29. The molecule has 0 fully saturated rings. The maximum atomic E-state index is 5.75. The summed E-state index contributed by atoms with van der Waals surface area (Å²) in [6.07, 6.45) is 0. The first-order chi connectivity index (χ1) is 8.65. The third-order valence-corrected chi connectivity index (χ3v) is 3.34. The van der Waals surface area contributed by atoms with Gasteiger partial charge in [-0.25, -0.2) is 0 Å².